The molecule has 0 bridgehead atoms. The number of hydrogen-bond acceptors (Lipinski definition) is 3. The first-order valence-electron chi connectivity index (χ1n) is 7.45. The van der Waals surface area contributed by atoms with Crippen LogP contribution in [0, 0.1) is 0 Å². The Morgan fingerprint density at radius 2 is 1.13 bits per heavy atom. The molecule has 3 aromatic carbocycles. The van der Waals surface area contributed by atoms with Crippen molar-refractivity contribution in [3.8, 4) is 33.5 Å². The number of hydrogen-bond donors (Lipinski definition) is 0. The Hall–Kier alpha value is -3.20. The van der Waals surface area contributed by atoms with E-state index >= 15 is 0 Å². The molecular weight excluding hydrogens is 284 g/mol. The van der Waals surface area contributed by atoms with Gasteiger partial charge in [0.1, 0.15) is 5.69 Å². The first-order valence-corrected chi connectivity index (χ1v) is 7.45. The molecule has 0 atom stereocenters. The van der Waals surface area contributed by atoms with Gasteiger partial charge >= 0.3 is 0 Å². The highest BCUT2D eigenvalue weighted by Crippen LogP contribution is 2.37. The van der Waals surface area contributed by atoms with E-state index in [2.05, 4.69) is 65.0 Å². The molecule has 0 amide bonds. The summed E-state index contributed by atoms with van der Waals surface area (Å²) >= 11 is 0. The summed E-state index contributed by atoms with van der Waals surface area (Å²) in [6, 6.07) is 27.0. The third-order valence-corrected chi connectivity index (χ3v) is 3.87. The van der Waals surface area contributed by atoms with Gasteiger partial charge in [-0.25, -0.2) is 0 Å². The van der Waals surface area contributed by atoms with E-state index in [9.17, 15) is 0 Å². The van der Waals surface area contributed by atoms with Crippen molar-refractivity contribution < 1.29 is 4.52 Å². The molecule has 0 radical (unpaired) electrons. The first-order chi connectivity index (χ1) is 11.4. The quantitative estimate of drug-likeness (QED) is 0.530. The lowest BCUT2D eigenvalue weighted by molar-refractivity contribution is 0.393. The molecular formula is C20H14N2O. The number of aromatic nitrogens is 2. The van der Waals surface area contributed by atoms with Crippen LogP contribution in [0.3, 0.4) is 0 Å². The van der Waals surface area contributed by atoms with Gasteiger partial charge in [0.2, 0.25) is 0 Å². The minimum Gasteiger partial charge on any atom is -0.345 e. The zero-order valence-electron chi connectivity index (χ0n) is 12.4. The van der Waals surface area contributed by atoms with Crippen LogP contribution < -0.4 is 0 Å². The molecule has 0 aliphatic rings. The van der Waals surface area contributed by atoms with Crippen molar-refractivity contribution in [2.45, 2.75) is 0 Å². The van der Waals surface area contributed by atoms with Crippen molar-refractivity contribution in [2.24, 2.45) is 0 Å². The molecule has 0 aliphatic carbocycles. The molecule has 0 aliphatic heterocycles. The van der Waals surface area contributed by atoms with Crippen LogP contribution >= 0.6 is 0 Å². The molecule has 1 heterocycles. The summed E-state index contributed by atoms with van der Waals surface area (Å²) in [6.07, 6.45) is 1.57. The van der Waals surface area contributed by atoms with E-state index in [-0.39, 0.29) is 0 Å². The molecule has 3 nitrogen and oxygen atoms in total. The van der Waals surface area contributed by atoms with Gasteiger partial charge in [-0.05, 0) is 22.3 Å². The van der Waals surface area contributed by atoms with E-state index in [1.807, 2.05) is 24.3 Å². The molecule has 0 saturated heterocycles. The average molecular weight is 298 g/mol. The Morgan fingerprint density at radius 1 is 0.565 bits per heavy atom. The summed E-state index contributed by atoms with van der Waals surface area (Å²) < 4.78 is 4.91. The summed E-state index contributed by atoms with van der Waals surface area (Å²) in [5, 5.41) is 7.65. The van der Waals surface area contributed by atoms with Crippen LogP contribution in [-0.4, -0.2) is 10.4 Å². The summed E-state index contributed by atoms with van der Waals surface area (Å²) in [5.74, 6) is 0. The predicted octanol–water partition coefficient (Wildman–Crippen LogP) is 5.07. The number of rotatable bonds is 3. The van der Waals surface area contributed by atoms with Crippen molar-refractivity contribution in [3.63, 3.8) is 0 Å². The lowest BCUT2D eigenvalue weighted by Crippen LogP contribution is -1.89. The molecule has 0 unspecified atom stereocenters. The lowest BCUT2D eigenvalue weighted by atomic mass is 9.91. The first kappa shape index (κ1) is 13.5. The van der Waals surface area contributed by atoms with E-state index in [4.69, 9.17) is 4.52 Å². The second-order valence-electron chi connectivity index (χ2n) is 5.25. The highest BCUT2D eigenvalue weighted by molar-refractivity contribution is 5.90. The van der Waals surface area contributed by atoms with Crippen LogP contribution in [0.5, 0.6) is 0 Å². The van der Waals surface area contributed by atoms with E-state index in [1.54, 1.807) is 6.26 Å². The van der Waals surface area contributed by atoms with Crippen LogP contribution in [-0.2, 0) is 0 Å². The van der Waals surface area contributed by atoms with Gasteiger partial charge in [0.15, 0.2) is 6.26 Å². The van der Waals surface area contributed by atoms with Crippen LogP contribution in [0.4, 0.5) is 0 Å². The minimum atomic E-state index is 0.739. The van der Waals surface area contributed by atoms with Gasteiger partial charge in [0.05, 0.1) is 0 Å². The number of nitrogens with zero attached hydrogens (tertiary/aromatic N) is 2. The predicted molar refractivity (Wildman–Crippen MR) is 90.6 cm³/mol. The van der Waals surface area contributed by atoms with Crippen molar-refractivity contribution in [3.05, 3.63) is 85.1 Å². The maximum absolute atomic E-state index is 4.91. The molecule has 4 aromatic rings. The van der Waals surface area contributed by atoms with Crippen LogP contribution in [0.2, 0.25) is 0 Å². The monoisotopic (exact) mass is 298 g/mol. The van der Waals surface area contributed by atoms with Gasteiger partial charge in [-0.15, -0.1) is 5.10 Å². The normalized spacial score (nSPS) is 10.6. The molecule has 1 aromatic heterocycles. The van der Waals surface area contributed by atoms with Crippen LogP contribution in [0.1, 0.15) is 0 Å². The maximum atomic E-state index is 4.91. The van der Waals surface area contributed by atoms with Crippen molar-refractivity contribution in [1.82, 2.24) is 10.4 Å². The highest BCUT2D eigenvalue weighted by atomic mass is 16.5. The topological polar surface area (TPSA) is 38.9 Å². The summed E-state index contributed by atoms with van der Waals surface area (Å²) in [4.78, 5) is 0. The largest absolute Gasteiger partial charge is 0.345 e. The molecule has 3 heteroatoms. The lowest BCUT2D eigenvalue weighted by Gasteiger charge is -2.13. The van der Waals surface area contributed by atoms with Crippen LogP contribution in [0.15, 0.2) is 89.6 Å². The third-order valence-electron chi connectivity index (χ3n) is 3.87. The van der Waals surface area contributed by atoms with E-state index in [1.165, 1.54) is 11.1 Å². The highest BCUT2D eigenvalue weighted by Gasteiger charge is 2.13. The Bertz CT molecular complexity index is 915. The molecule has 0 spiro atoms. The maximum Gasteiger partial charge on any atom is 0.152 e. The van der Waals surface area contributed by atoms with Gasteiger partial charge < -0.3 is 4.52 Å². The SMILES string of the molecule is c1ccc(-c2ccccc2-c2ccccc2-c2conn2)cc1. The van der Waals surface area contributed by atoms with E-state index in [0.717, 1.165) is 22.4 Å². The molecule has 0 saturated carbocycles. The van der Waals surface area contributed by atoms with Crippen molar-refractivity contribution in [2.75, 3.05) is 0 Å². The number of benzene rings is 3. The fourth-order valence-electron chi connectivity index (χ4n) is 2.81. The van der Waals surface area contributed by atoms with Gasteiger partial charge in [0, 0.05) is 10.8 Å². The second kappa shape index (κ2) is 5.89. The molecule has 4 rings (SSSR count). The van der Waals surface area contributed by atoms with Crippen molar-refractivity contribution in [1.29, 1.82) is 0 Å². The Balaban J connectivity index is 1.94. The smallest absolute Gasteiger partial charge is 0.152 e. The Morgan fingerprint density at radius 3 is 1.78 bits per heavy atom. The molecule has 0 N–H and O–H groups in total. The fourth-order valence-corrected chi connectivity index (χ4v) is 2.81. The molecule has 0 fully saturated rings. The fraction of sp³-hybridized carbons (Fsp3) is 0. The molecule has 110 valence electrons. The van der Waals surface area contributed by atoms with E-state index < -0.39 is 0 Å². The van der Waals surface area contributed by atoms with Crippen molar-refractivity contribution >= 4 is 0 Å². The second-order valence-corrected chi connectivity index (χ2v) is 5.25. The van der Waals surface area contributed by atoms with E-state index in [0.29, 0.717) is 0 Å². The van der Waals surface area contributed by atoms with Gasteiger partial charge in [-0.3, -0.25) is 0 Å². The minimum absolute atomic E-state index is 0.739. The van der Waals surface area contributed by atoms with Crippen LogP contribution in [0.25, 0.3) is 33.5 Å². The summed E-state index contributed by atoms with van der Waals surface area (Å²) in [6.45, 7) is 0. The van der Waals surface area contributed by atoms with Gasteiger partial charge in [0.25, 0.3) is 0 Å². The zero-order valence-corrected chi connectivity index (χ0v) is 12.4. The van der Waals surface area contributed by atoms with Gasteiger partial charge in [-0.2, -0.15) is 0 Å². The molecule has 23 heavy (non-hydrogen) atoms. The van der Waals surface area contributed by atoms with Gasteiger partial charge in [-0.1, -0.05) is 78.9 Å². The Labute approximate surface area is 134 Å². The summed E-state index contributed by atoms with van der Waals surface area (Å²) in [5.41, 5.74) is 6.41. The zero-order chi connectivity index (χ0) is 15.5. The Kier molecular flexibility index (Phi) is 3.45. The standard InChI is InChI=1S/C20H14N2O/c1-2-8-15(9-3-1)16-10-4-5-11-17(16)18-12-6-7-13-19(18)20-14-23-22-21-20/h1-14H. The third kappa shape index (κ3) is 2.53. The average Bonchev–Trinajstić information content (AvgIpc) is 3.17. The summed E-state index contributed by atoms with van der Waals surface area (Å²) in [7, 11) is 0.